The van der Waals surface area contributed by atoms with Crippen molar-refractivity contribution in [3.8, 4) is 0 Å². The van der Waals surface area contributed by atoms with Crippen molar-refractivity contribution < 1.29 is 0 Å². The fourth-order valence-corrected chi connectivity index (χ4v) is 2.40. The summed E-state index contributed by atoms with van der Waals surface area (Å²) in [4.78, 5) is 16.8. The normalized spacial score (nSPS) is 13.3. The van der Waals surface area contributed by atoms with Crippen LogP contribution in [0.3, 0.4) is 0 Å². The van der Waals surface area contributed by atoms with Crippen LogP contribution in [0.4, 0.5) is 0 Å². The van der Waals surface area contributed by atoms with E-state index in [2.05, 4.69) is 23.3 Å². The minimum atomic E-state index is -0.100. The van der Waals surface area contributed by atoms with Crippen molar-refractivity contribution in [2.24, 2.45) is 12.0 Å². The van der Waals surface area contributed by atoms with Gasteiger partial charge in [0.1, 0.15) is 5.84 Å². The van der Waals surface area contributed by atoms with Crippen molar-refractivity contribution >= 4 is 16.9 Å². The number of aliphatic imine (C=N–C) groups is 1. The summed E-state index contributed by atoms with van der Waals surface area (Å²) in [7, 11) is 5.34. The van der Waals surface area contributed by atoms with Gasteiger partial charge < -0.3 is 5.32 Å². The molecule has 0 aliphatic rings. The Morgan fingerprint density at radius 2 is 1.95 bits per heavy atom. The first kappa shape index (κ1) is 15.8. The highest BCUT2D eigenvalue weighted by atomic mass is 16.1. The lowest BCUT2D eigenvalue weighted by atomic mass is 10.3. The summed E-state index contributed by atoms with van der Waals surface area (Å²) in [6.07, 6.45) is 6.80. The number of hydrogen-bond donors (Lipinski definition) is 1. The number of hydrogen-bond acceptors (Lipinski definition) is 3. The third kappa shape index (κ3) is 2.88. The van der Waals surface area contributed by atoms with Gasteiger partial charge in [-0.3, -0.25) is 9.56 Å². The molecular weight excluding hydrogens is 276 g/mol. The first-order valence-corrected chi connectivity index (χ1v) is 7.33. The van der Waals surface area contributed by atoms with Crippen LogP contribution < -0.4 is 11.0 Å². The van der Waals surface area contributed by atoms with E-state index in [0.717, 1.165) is 23.2 Å². The van der Waals surface area contributed by atoms with Gasteiger partial charge in [-0.1, -0.05) is 25.1 Å². The van der Waals surface area contributed by atoms with E-state index in [-0.39, 0.29) is 5.69 Å². The molecule has 0 aliphatic carbocycles. The second-order valence-corrected chi connectivity index (χ2v) is 4.90. The average Bonchev–Trinajstić information content (AvgIpc) is 2.80. The second-order valence-electron chi connectivity index (χ2n) is 4.90. The SMILES string of the molecule is CC/C=C(\C=C/C(=NC)n1c(=O)n(C)c2ccccc21)NC. The lowest BCUT2D eigenvalue weighted by Crippen LogP contribution is -2.27. The smallest absolute Gasteiger partial charge is 0.334 e. The topological polar surface area (TPSA) is 51.3 Å². The molecule has 0 radical (unpaired) electrons. The summed E-state index contributed by atoms with van der Waals surface area (Å²) in [5, 5.41) is 3.12. The summed E-state index contributed by atoms with van der Waals surface area (Å²) < 4.78 is 3.26. The Labute approximate surface area is 130 Å². The van der Waals surface area contributed by atoms with Crippen molar-refractivity contribution in [2.45, 2.75) is 13.3 Å². The van der Waals surface area contributed by atoms with Crippen molar-refractivity contribution in [3.05, 3.63) is 58.7 Å². The molecule has 116 valence electrons. The van der Waals surface area contributed by atoms with Crippen LogP contribution in [0, 0.1) is 0 Å². The van der Waals surface area contributed by atoms with Crippen molar-refractivity contribution in [1.82, 2.24) is 14.5 Å². The molecule has 0 fully saturated rings. The summed E-state index contributed by atoms with van der Waals surface area (Å²) in [6.45, 7) is 2.08. The molecule has 0 unspecified atom stereocenters. The molecule has 22 heavy (non-hydrogen) atoms. The van der Waals surface area contributed by atoms with Gasteiger partial charge in [0.15, 0.2) is 0 Å². The molecule has 1 aromatic carbocycles. The molecule has 0 amide bonds. The zero-order chi connectivity index (χ0) is 16.1. The maximum atomic E-state index is 12.5. The first-order valence-electron chi connectivity index (χ1n) is 7.33. The third-order valence-electron chi connectivity index (χ3n) is 3.55. The summed E-state index contributed by atoms with van der Waals surface area (Å²) in [6, 6.07) is 7.70. The van der Waals surface area contributed by atoms with Crippen LogP contribution in [0.15, 0.2) is 58.0 Å². The molecule has 0 aliphatic heterocycles. The average molecular weight is 298 g/mol. The number of likely N-dealkylation sites (N-methyl/N-ethyl adjacent to an activating group) is 1. The quantitative estimate of drug-likeness (QED) is 0.535. The molecule has 0 bridgehead atoms. The van der Waals surface area contributed by atoms with Crippen LogP contribution in [0.2, 0.25) is 0 Å². The van der Waals surface area contributed by atoms with Crippen molar-refractivity contribution in [1.29, 1.82) is 0 Å². The molecule has 1 heterocycles. The summed E-state index contributed by atoms with van der Waals surface area (Å²) in [5.74, 6) is 0.610. The molecule has 2 aromatic rings. The summed E-state index contributed by atoms with van der Waals surface area (Å²) >= 11 is 0. The van der Waals surface area contributed by atoms with Gasteiger partial charge in [0.2, 0.25) is 0 Å². The fourth-order valence-electron chi connectivity index (χ4n) is 2.40. The summed E-state index contributed by atoms with van der Waals surface area (Å²) in [5.41, 5.74) is 2.64. The van der Waals surface area contributed by atoms with Gasteiger partial charge >= 0.3 is 5.69 Å². The molecule has 1 N–H and O–H groups in total. The number of aromatic nitrogens is 2. The maximum absolute atomic E-state index is 12.5. The Balaban J connectivity index is 2.54. The van der Waals surface area contributed by atoms with Gasteiger partial charge in [-0.2, -0.15) is 0 Å². The van der Waals surface area contributed by atoms with Gasteiger partial charge in [-0.25, -0.2) is 9.36 Å². The lowest BCUT2D eigenvalue weighted by Gasteiger charge is -2.04. The zero-order valence-corrected chi connectivity index (χ0v) is 13.5. The number of para-hydroxylation sites is 2. The van der Waals surface area contributed by atoms with E-state index in [4.69, 9.17) is 0 Å². The highest BCUT2D eigenvalue weighted by Gasteiger charge is 2.12. The predicted octanol–water partition coefficient (Wildman–Crippen LogP) is 2.29. The zero-order valence-electron chi connectivity index (χ0n) is 13.5. The van der Waals surface area contributed by atoms with Gasteiger partial charge in [-0.05, 0) is 30.7 Å². The van der Waals surface area contributed by atoms with E-state index in [9.17, 15) is 4.79 Å². The van der Waals surface area contributed by atoms with E-state index in [1.165, 1.54) is 0 Å². The van der Waals surface area contributed by atoms with E-state index in [0.29, 0.717) is 5.84 Å². The van der Waals surface area contributed by atoms with E-state index >= 15 is 0 Å². The highest BCUT2D eigenvalue weighted by molar-refractivity contribution is 6.00. The van der Waals surface area contributed by atoms with Crippen molar-refractivity contribution in [3.63, 3.8) is 0 Å². The minimum Gasteiger partial charge on any atom is -0.388 e. The minimum absolute atomic E-state index is 0.100. The molecule has 5 nitrogen and oxygen atoms in total. The number of fused-ring (bicyclic) bond motifs is 1. The number of benzene rings is 1. The largest absolute Gasteiger partial charge is 0.388 e. The molecule has 0 spiro atoms. The molecular formula is C17H22N4O. The van der Waals surface area contributed by atoms with Gasteiger partial charge in [-0.15, -0.1) is 0 Å². The van der Waals surface area contributed by atoms with Crippen LogP contribution in [0.5, 0.6) is 0 Å². The first-order chi connectivity index (χ1) is 10.6. The fraction of sp³-hybridized carbons (Fsp3) is 0.294. The van der Waals surface area contributed by atoms with Gasteiger partial charge in [0.05, 0.1) is 11.0 Å². The Morgan fingerprint density at radius 3 is 2.55 bits per heavy atom. The Morgan fingerprint density at radius 1 is 1.27 bits per heavy atom. The third-order valence-corrected chi connectivity index (χ3v) is 3.55. The molecule has 1 aromatic heterocycles. The molecule has 2 rings (SSSR count). The van der Waals surface area contributed by atoms with Crippen LogP contribution in [0.1, 0.15) is 13.3 Å². The Hall–Kier alpha value is -2.56. The number of nitrogens with one attached hydrogen (secondary N) is 1. The standard InChI is InChI=1S/C17H22N4O/c1-5-8-13(18-2)11-12-16(19-3)21-15-10-7-6-9-14(15)20(4)17(21)22/h6-12,18H,5H2,1-4H3/b12-11-,13-8+,19-16?. The van der Waals surface area contributed by atoms with Crippen LogP contribution in [-0.2, 0) is 7.05 Å². The predicted molar refractivity (Wildman–Crippen MR) is 92.5 cm³/mol. The number of imidazole rings is 1. The van der Waals surface area contributed by atoms with E-state index in [1.807, 2.05) is 43.5 Å². The Kier molecular flexibility index (Phi) is 4.99. The van der Waals surface area contributed by atoms with Gasteiger partial charge in [0.25, 0.3) is 0 Å². The highest BCUT2D eigenvalue weighted by Crippen LogP contribution is 2.12. The van der Waals surface area contributed by atoms with Gasteiger partial charge in [0, 0.05) is 26.8 Å². The molecule has 0 saturated heterocycles. The molecule has 0 atom stereocenters. The molecule has 0 saturated carbocycles. The monoisotopic (exact) mass is 298 g/mol. The number of rotatable bonds is 4. The molecule has 5 heteroatoms. The Bertz CT molecular complexity index is 806. The van der Waals surface area contributed by atoms with E-state index in [1.54, 1.807) is 23.2 Å². The number of allylic oxidation sites excluding steroid dienone is 3. The lowest BCUT2D eigenvalue weighted by molar-refractivity contribution is 0.862. The van der Waals surface area contributed by atoms with E-state index < -0.39 is 0 Å². The van der Waals surface area contributed by atoms with Crippen molar-refractivity contribution in [2.75, 3.05) is 14.1 Å². The van der Waals surface area contributed by atoms with Crippen LogP contribution in [0.25, 0.3) is 11.0 Å². The van der Waals surface area contributed by atoms with Crippen LogP contribution >= 0.6 is 0 Å². The van der Waals surface area contributed by atoms with Crippen LogP contribution in [-0.4, -0.2) is 29.1 Å². The number of nitrogens with zero attached hydrogens (tertiary/aromatic N) is 3. The number of aryl methyl sites for hydroxylation is 1. The second kappa shape index (κ2) is 6.93. The maximum Gasteiger partial charge on any atom is 0.334 e.